The van der Waals surface area contributed by atoms with E-state index >= 15 is 0 Å². The number of hydrogen-bond donors (Lipinski definition) is 1. The molecule has 2 aromatic carbocycles. The van der Waals surface area contributed by atoms with Crippen LogP contribution >= 0.6 is 11.8 Å². The Balaban J connectivity index is 1.36. The number of nitrogens with one attached hydrogen (secondary N) is 1. The van der Waals surface area contributed by atoms with Crippen LogP contribution in [0.5, 0.6) is 0 Å². The van der Waals surface area contributed by atoms with E-state index in [4.69, 9.17) is 0 Å². The Kier molecular flexibility index (Phi) is 6.18. The number of anilines is 1. The van der Waals surface area contributed by atoms with Gasteiger partial charge >= 0.3 is 0 Å². The van der Waals surface area contributed by atoms with E-state index in [2.05, 4.69) is 22.4 Å². The van der Waals surface area contributed by atoms with Gasteiger partial charge in [0.2, 0.25) is 5.91 Å². The monoisotopic (exact) mass is 420 g/mol. The number of thioether (sulfide) groups is 1. The zero-order chi connectivity index (χ0) is 20.9. The van der Waals surface area contributed by atoms with Gasteiger partial charge in [0.05, 0.1) is 11.8 Å². The highest BCUT2D eigenvalue weighted by Crippen LogP contribution is 2.33. The molecule has 6 nitrogen and oxygen atoms in total. The summed E-state index contributed by atoms with van der Waals surface area (Å²) >= 11 is 1.38. The molecule has 30 heavy (non-hydrogen) atoms. The summed E-state index contributed by atoms with van der Waals surface area (Å²) in [7, 11) is 1.89. The first-order valence-corrected chi connectivity index (χ1v) is 11.0. The van der Waals surface area contributed by atoms with Crippen LogP contribution in [0, 0.1) is 0 Å². The molecule has 0 unspecified atom stereocenters. The van der Waals surface area contributed by atoms with Gasteiger partial charge in [-0.3, -0.25) is 9.59 Å². The number of imidazole rings is 1. The van der Waals surface area contributed by atoms with Gasteiger partial charge in [0.25, 0.3) is 5.91 Å². The molecular weight excluding hydrogens is 396 g/mol. The van der Waals surface area contributed by atoms with Gasteiger partial charge in [-0.15, -0.1) is 0 Å². The molecule has 0 radical (unpaired) electrons. The Labute approximate surface area is 180 Å². The summed E-state index contributed by atoms with van der Waals surface area (Å²) in [5.41, 5.74) is 2.49. The second-order valence-electron chi connectivity index (χ2n) is 7.30. The first-order valence-electron chi connectivity index (χ1n) is 9.98. The molecule has 0 spiro atoms. The molecule has 2 heterocycles. The zero-order valence-electron chi connectivity index (χ0n) is 16.8. The third kappa shape index (κ3) is 4.57. The van der Waals surface area contributed by atoms with Gasteiger partial charge in [0.15, 0.2) is 5.16 Å². The van der Waals surface area contributed by atoms with Crippen LogP contribution in [0.1, 0.15) is 34.8 Å². The number of aromatic nitrogens is 2. The molecule has 4 rings (SSSR count). The molecule has 1 fully saturated rings. The van der Waals surface area contributed by atoms with Crippen molar-refractivity contribution in [1.29, 1.82) is 0 Å². The van der Waals surface area contributed by atoms with Crippen LogP contribution in [0.4, 0.5) is 5.69 Å². The van der Waals surface area contributed by atoms with Crippen molar-refractivity contribution in [1.82, 2.24) is 14.5 Å². The minimum Gasteiger partial charge on any atom is -0.332 e. The van der Waals surface area contributed by atoms with Crippen molar-refractivity contribution in [2.45, 2.75) is 24.0 Å². The summed E-state index contributed by atoms with van der Waals surface area (Å²) < 4.78 is 1.87. The molecule has 1 atom stereocenters. The van der Waals surface area contributed by atoms with E-state index in [-0.39, 0.29) is 23.6 Å². The van der Waals surface area contributed by atoms with Gasteiger partial charge in [-0.05, 0) is 42.7 Å². The van der Waals surface area contributed by atoms with Gasteiger partial charge in [0.1, 0.15) is 0 Å². The molecule has 1 aromatic heterocycles. The highest BCUT2D eigenvalue weighted by atomic mass is 32.2. The lowest BCUT2D eigenvalue weighted by molar-refractivity contribution is -0.113. The zero-order valence-corrected chi connectivity index (χ0v) is 17.6. The Morgan fingerprint density at radius 1 is 1.13 bits per heavy atom. The van der Waals surface area contributed by atoms with Gasteiger partial charge in [0, 0.05) is 37.2 Å². The number of carbonyl (C=O) groups excluding carboxylic acids is 2. The van der Waals surface area contributed by atoms with Gasteiger partial charge in [-0.1, -0.05) is 42.1 Å². The van der Waals surface area contributed by atoms with E-state index in [1.54, 1.807) is 30.5 Å². The molecule has 1 aliphatic rings. The highest BCUT2D eigenvalue weighted by molar-refractivity contribution is 7.99. The number of carbonyl (C=O) groups is 2. The average Bonchev–Trinajstić information content (AvgIpc) is 3.42. The molecule has 154 valence electrons. The highest BCUT2D eigenvalue weighted by Gasteiger charge is 2.30. The van der Waals surface area contributed by atoms with Crippen molar-refractivity contribution in [3.8, 4) is 0 Å². The predicted octanol–water partition coefficient (Wildman–Crippen LogP) is 4.13. The quantitative estimate of drug-likeness (QED) is 0.609. The number of benzene rings is 2. The molecule has 0 saturated carbocycles. The minimum atomic E-state index is -0.106. The van der Waals surface area contributed by atoms with Gasteiger partial charge in [-0.25, -0.2) is 4.98 Å². The Morgan fingerprint density at radius 2 is 1.90 bits per heavy atom. The van der Waals surface area contributed by atoms with Crippen LogP contribution in [-0.4, -0.2) is 38.6 Å². The van der Waals surface area contributed by atoms with E-state index in [0.29, 0.717) is 11.3 Å². The molecule has 1 N–H and O–H groups in total. The summed E-state index contributed by atoms with van der Waals surface area (Å²) in [5, 5.41) is 3.67. The van der Waals surface area contributed by atoms with Crippen LogP contribution < -0.4 is 5.32 Å². The fraction of sp³-hybridized carbons (Fsp3) is 0.261. The number of likely N-dealkylation sites (tertiary alicyclic amines) is 1. The Bertz CT molecular complexity index is 1020. The van der Waals surface area contributed by atoms with Crippen molar-refractivity contribution in [2.24, 2.45) is 7.05 Å². The topological polar surface area (TPSA) is 67.2 Å². The van der Waals surface area contributed by atoms with Crippen LogP contribution in [0.3, 0.4) is 0 Å². The second kappa shape index (κ2) is 9.17. The van der Waals surface area contributed by atoms with E-state index in [1.807, 2.05) is 40.9 Å². The van der Waals surface area contributed by atoms with Crippen molar-refractivity contribution >= 4 is 29.3 Å². The molecule has 2 amide bonds. The van der Waals surface area contributed by atoms with Crippen LogP contribution in [-0.2, 0) is 11.8 Å². The molecule has 7 heteroatoms. The van der Waals surface area contributed by atoms with E-state index < -0.39 is 0 Å². The standard InChI is InChI=1S/C23H24N4O2S/c1-26-15-13-24-23(26)30-16-21(28)25-19-11-9-18(10-12-19)22(29)27-14-5-8-20(27)17-6-3-2-4-7-17/h2-4,6-7,9-13,15,20H,5,8,14,16H2,1H3,(H,25,28)/t20-/m1/s1. The minimum absolute atomic E-state index is 0.0320. The van der Waals surface area contributed by atoms with Crippen molar-refractivity contribution in [3.63, 3.8) is 0 Å². The number of aryl methyl sites for hydroxylation is 1. The molecule has 1 aliphatic heterocycles. The fourth-order valence-corrected chi connectivity index (χ4v) is 4.44. The number of hydrogen-bond acceptors (Lipinski definition) is 4. The third-order valence-corrected chi connectivity index (χ3v) is 6.28. The normalized spacial score (nSPS) is 15.9. The second-order valence-corrected chi connectivity index (χ2v) is 8.24. The van der Waals surface area contributed by atoms with E-state index in [1.165, 1.54) is 17.3 Å². The predicted molar refractivity (Wildman–Crippen MR) is 118 cm³/mol. The SMILES string of the molecule is Cn1ccnc1SCC(=O)Nc1ccc(C(=O)N2CCC[C@@H]2c2ccccc2)cc1. The number of nitrogens with zero attached hydrogens (tertiary/aromatic N) is 3. The van der Waals surface area contributed by atoms with E-state index in [0.717, 1.165) is 24.5 Å². The van der Waals surface area contributed by atoms with Gasteiger partial charge < -0.3 is 14.8 Å². The summed E-state index contributed by atoms with van der Waals surface area (Å²) in [6, 6.07) is 17.4. The van der Waals surface area contributed by atoms with Crippen molar-refractivity contribution in [3.05, 3.63) is 78.1 Å². The summed E-state index contributed by atoms with van der Waals surface area (Å²) in [6.07, 6.45) is 5.54. The van der Waals surface area contributed by atoms with Crippen LogP contribution in [0.15, 0.2) is 72.1 Å². The molecule has 1 saturated heterocycles. The molecular formula is C23H24N4O2S. The first-order chi connectivity index (χ1) is 14.6. The Morgan fingerprint density at radius 3 is 2.60 bits per heavy atom. The summed E-state index contributed by atoms with van der Waals surface area (Å²) in [6.45, 7) is 0.765. The average molecular weight is 421 g/mol. The summed E-state index contributed by atoms with van der Waals surface area (Å²) in [4.78, 5) is 31.4. The lowest BCUT2D eigenvalue weighted by atomic mass is 10.0. The van der Waals surface area contributed by atoms with Crippen molar-refractivity contribution in [2.75, 3.05) is 17.6 Å². The molecule has 0 bridgehead atoms. The maximum Gasteiger partial charge on any atom is 0.254 e. The maximum absolute atomic E-state index is 13.1. The fourth-order valence-electron chi connectivity index (χ4n) is 3.71. The maximum atomic E-state index is 13.1. The van der Waals surface area contributed by atoms with Crippen molar-refractivity contribution < 1.29 is 9.59 Å². The first kappa shape index (κ1) is 20.2. The summed E-state index contributed by atoms with van der Waals surface area (Å²) in [5.74, 6) is 0.202. The largest absolute Gasteiger partial charge is 0.332 e. The van der Waals surface area contributed by atoms with E-state index in [9.17, 15) is 9.59 Å². The third-order valence-electron chi connectivity index (χ3n) is 5.22. The molecule has 3 aromatic rings. The lowest BCUT2D eigenvalue weighted by Gasteiger charge is -2.25. The number of amides is 2. The number of rotatable bonds is 6. The molecule has 0 aliphatic carbocycles. The Hall–Kier alpha value is -3.06. The lowest BCUT2D eigenvalue weighted by Crippen LogP contribution is -2.30. The smallest absolute Gasteiger partial charge is 0.254 e. The van der Waals surface area contributed by atoms with Crippen LogP contribution in [0.25, 0.3) is 0 Å². The van der Waals surface area contributed by atoms with Gasteiger partial charge in [-0.2, -0.15) is 0 Å². The van der Waals surface area contributed by atoms with Crippen LogP contribution in [0.2, 0.25) is 0 Å².